The largest absolute Gasteiger partial charge is 0.398 e. The number of anilines is 3. The lowest BCUT2D eigenvalue weighted by molar-refractivity contribution is 0.0980. The zero-order valence-corrected chi connectivity index (χ0v) is 13.8. The first-order chi connectivity index (χ1) is 12.1. The molecule has 122 valence electrons. The van der Waals surface area contributed by atoms with Crippen LogP contribution in [0.3, 0.4) is 0 Å². The molecule has 0 bridgehead atoms. The molecule has 0 unspecified atom stereocenters. The van der Waals surface area contributed by atoms with E-state index in [0.717, 1.165) is 5.69 Å². The van der Waals surface area contributed by atoms with Crippen molar-refractivity contribution < 1.29 is 9.59 Å². The van der Waals surface area contributed by atoms with Gasteiger partial charge in [0, 0.05) is 27.5 Å². The highest BCUT2D eigenvalue weighted by atomic mass is 35.5. The van der Waals surface area contributed by atoms with Gasteiger partial charge in [0.15, 0.2) is 11.6 Å². The summed E-state index contributed by atoms with van der Waals surface area (Å²) in [6.45, 7) is 0. The molecule has 1 aliphatic carbocycles. The Morgan fingerprint density at radius 3 is 2.16 bits per heavy atom. The highest BCUT2D eigenvalue weighted by Gasteiger charge is 2.33. The predicted molar refractivity (Wildman–Crippen MR) is 98.9 cm³/mol. The second kappa shape index (κ2) is 5.76. The van der Waals surface area contributed by atoms with Crippen molar-refractivity contribution >= 4 is 40.2 Å². The summed E-state index contributed by atoms with van der Waals surface area (Å²) in [6, 6.07) is 17.3. The molecular formula is C20H13ClN2O2. The maximum Gasteiger partial charge on any atom is 0.196 e. The number of fused-ring (bicyclic) bond motifs is 2. The van der Waals surface area contributed by atoms with E-state index in [2.05, 4.69) is 5.32 Å². The summed E-state index contributed by atoms with van der Waals surface area (Å²) in [7, 11) is 0. The lowest BCUT2D eigenvalue weighted by Gasteiger charge is -2.22. The Bertz CT molecular complexity index is 1040. The SMILES string of the molecule is Nc1ccc(Nc2cccc(Cl)c2)c2c1C(=O)c1ccccc1C2=O. The second-order valence-electron chi connectivity index (χ2n) is 5.79. The number of nitrogens with one attached hydrogen (secondary N) is 1. The number of ketones is 2. The minimum absolute atomic E-state index is 0.220. The first kappa shape index (κ1) is 15.4. The highest BCUT2D eigenvalue weighted by Crippen LogP contribution is 2.36. The molecule has 0 aromatic heterocycles. The summed E-state index contributed by atoms with van der Waals surface area (Å²) >= 11 is 6.02. The topological polar surface area (TPSA) is 72.2 Å². The van der Waals surface area contributed by atoms with E-state index in [-0.39, 0.29) is 17.1 Å². The van der Waals surface area contributed by atoms with E-state index in [9.17, 15) is 9.59 Å². The molecule has 0 amide bonds. The molecule has 25 heavy (non-hydrogen) atoms. The Balaban J connectivity index is 1.90. The molecule has 3 aromatic rings. The number of carbonyl (C=O) groups is 2. The van der Waals surface area contributed by atoms with Gasteiger partial charge in [0.2, 0.25) is 0 Å². The minimum Gasteiger partial charge on any atom is -0.398 e. The zero-order valence-electron chi connectivity index (χ0n) is 13.0. The first-order valence-electron chi connectivity index (χ1n) is 7.70. The third-order valence-corrected chi connectivity index (χ3v) is 4.45. The fraction of sp³-hybridized carbons (Fsp3) is 0. The van der Waals surface area contributed by atoms with Crippen molar-refractivity contribution in [2.75, 3.05) is 11.1 Å². The number of rotatable bonds is 2. The molecule has 0 spiro atoms. The summed E-state index contributed by atoms with van der Waals surface area (Å²) in [5, 5.41) is 3.74. The van der Waals surface area contributed by atoms with E-state index < -0.39 is 0 Å². The van der Waals surface area contributed by atoms with Gasteiger partial charge in [0.1, 0.15) is 0 Å². The van der Waals surface area contributed by atoms with Gasteiger partial charge in [-0.2, -0.15) is 0 Å². The number of hydrogen-bond acceptors (Lipinski definition) is 4. The van der Waals surface area contributed by atoms with E-state index >= 15 is 0 Å². The molecule has 0 fully saturated rings. The molecule has 3 N–H and O–H groups in total. The predicted octanol–water partition coefficient (Wildman–Crippen LogP) is 4.44. The molecule has 4 rings (SSSR count). The van der Waals surface area contributed by atoms with Crippen molar-refractivity contribution in [1.29, 1.82) is 0 Å². The molecule has 0 saturated heterocycles. The van der Waals surface area contributed by atoms with Crippen LogP contribution in [0.25, 0.3) is 0 Å². The molecule has 0 atom stereocenters. The molecule has 0 saturated carbocycles. The van der Waals surface area contributed by atoms with E-state index in [4.69, 9.17) is 17.3 Å². The normalized spacial score (nSPS) is 12.5. The number of nitrogens with two attached hydrogens (primary N) is 1. The Kier molecular flexibility index (Phi) is 3.55. The molecule has 5 heteroatoms. The third-order valence-electron chi connectivity index (χ3n) is 4.21. The van der Waals surface area contributed by atoms with Crippen molar-refractivity contribution in [3.63, 3.8) is 0 Å². The van der Waals surface area contributed by atoms with E-state index in [0.29, 0.717) is 33.1 Å². The van der Waals surface area contributed by atoms with Crippen LogP contribution in [0.1, 0.15) is 31.8 Å². The average Bonchev–Trinajstić information content (AvgIpc) is 2.61. The number of nitrogen functional groups attached to an aromatic ring is 1. The third kappa shape index (κ3) is 2.47. The Hall–Kier alpha value is -3.11. The van der Waals surface area contributed by atoms with Gasteiger partial charge in [-0.1, -0.05) is 41.9 Å². The maximum absolute atomic E-state index is 13.0. The van der Waals surface area contributed by atoms with E-state index in [1.165, 1.54) is 0 Å². The van der Waals surface area contributed by atoms with E-state index in [1.54, 1.807) is 54.6 Å². The fourth-order valence-electron chi connectivity index (χ4n) is 3.07. The van der Waals surface area contributed by atoms with Crippen LogP contribution in [0, 0.1) is 0 Å². The van der Waals surface area contributed by atoms with Gasteiger partial charge in [-0.3, -0.25) is 9.59 Å². The molecular weight excluding hydrogens is 336 g/mol. The summed E-state index contributed by atoms with van der Waals surface area (Å²) in [4.78, 5) is 25.9. The summed E-state index contributed by atoms with van der Waals surface area (Å²) in [5.41, 5.74) is 8.87. The fourth-order valence-corrected chi connectivity index (χ4v) is 3.26. The van der Waals surface area contributed by atoms with Crippen LogP contribution >= 0.6 is 11.6 Å². The zero-order chi connectivity index (χ0) is 17.6. The van der Waals surface area contributed by atoms with Gasteiger partial charge in [0.05, 0.1) is 16.8 Å². The second-order valence-corrected chi connectivity index (χ2v) is 6.23. The summed E-state index contributed by atoms with van der Waals surface area (Å²) in [5.74, 6) is -0.459. The maximum atomic E-state index is 13.0. The molecule has 4 nitrogen and oxygen atoms in total. The molecule has 3 aromatic carbocycles. The Labute approximate surface area is 149 Å². The van der Waals surface area contributed by atoms with Crippen LogP contribution in [0.4, 0.5) is 17.1 Å². The van der Waals surface area contributed by atoms with Gasteiger partial charge in [-0.25, -0.2) is 0 Å². The van der Waals surface area contributed by atoms with Crippen molar-refractivity contribution in [2.45, 2.75) is 0 Å². The molecule has 0 aliphatic heterocycles. The minimum atomic E-state index is -0.238. The van der Waals surface area contributed by atoms with Crippen LogP contribution in [0.2, 0.25) is 5.02 Å². The molecule has 1 aliphatic rings. The molecule has 0 radical (unpaired) electrons. The van der Waals surface area contributed by atoms with E-state index in [1.807, 2.05) is 6.07 Å². The quantitative estimate of drug-likeness (QED) is 0.525. The summed E-state index contributed by atoms with van der Waals surface area (Å²) < 4.78 is 0. The van der Waals surface area contributed by atoms with Crippen LogP contribution in [-0.4, -0.2) is 11.6 Å². The Morgan fingerprint density at radius 2 is 1.48 bits per heavy atom. The van der Waals surface area contributed by atoms with Gasteiger partial charge >= 0.3 is 0 Å². The molecule has 0 heterocycles. The van der Waals surface area contributed by atoms with Crippen LogP contribution < -0.4 is 11.1 Å². The number of carbonyl (C=O) groups excluding carboxylic acids is 2. The van der Waals surface area contributed by atoms with Crippen molar-refractivity contribution in [3.05, 3.63) is 87.9 Å². The standard InChI is InChI=1S/C20H13ClN2O2/c21-11-4-3-5-12(10-11)23-16-9-8-15(22)17-18(16)20(25)14-7-2-1-6-13(14)19(17)24/h1-10,23H,22H2. The lowest BCUT2D eigenvalue weighted by Crippen LogP contribution is -2.23. The van der Waals surface area contributed by atoms with Gasteiger partial charge < -0.3 is 11.1 Å². The monoisotopic (exact) mass is 348 g/mol. The average molecular weight is 349 g/mol. The first-order valence-corrected chi connectivity index (χ1v) is 8.07. The van der Waals surface area contributed by atoms with Crippen LogP contribution in [0.15, 0.2) is 60.7 Å². The highest BCUT2D eigenvalue weighted by molar-refractivity contribution is 6.32. The summed E-state index contributed by atoms with van der Waals surface area (Å²) in [6.07, 6.45) is 0. The van der Waals surface area contributed by atoms with Crippen LogP contribution in [0.5, 0.6) is 0 Å². The Morgan fingerprint density at radius 1 is 0.800 bits per heavy atom. The smallest absolute Gasteiger partial charge is 0.196 e. The van der Waals surface area contributed by atoms with Crippen molar-refractivity contribution in [1.82, 2.24) is 0 Å². The number of halogens is 1. The lowest BCUT2D eigenvalue weighted by atomic mass is 9.82. The number of benzene rings is 3. The van der Waals surface area contributed by atoms with Gasteiger partial charge in [-0.15, -0.1) is 0 Å². The van der Waals surface area contributed by atoms with Crippen molar-refractivity contribution in [2.24, 2.45) is 0 Å². The number of hydrogen-bond donors (Lipinski definition) is 2. The van der Waals surface area contributed by atoms with Crippen molar-refractivity contribution in [3.8, 4) is 0 Å². The van der Waals surface area contributed by atoms with Gasteiger partial charge in [-0.05, 0) is 30.3 Å². The van der Waals surface area contributed by atoms with Crippen LogP contribution in [-0.2, 0) is 0 Å². The van der Waals surface area contributed by atoms with Gasteiger partial charge in [0.25, 0.3) is 0 Å².